The van der Waals surface area contributed by atoms with Gasteiger partial charge in [0, 0.05) is 10.7 Å². The van der Waals surface area contributed by atoms with E-state index in [1.807, 2.05) is 24.3 Å². The Morgan fingerprint density at radius 3 is 2.83 bits per heavy atom. The minimum atomic E-state index is 0.0637. The molecule has 0 spiro atoms. The van der Waals surface area contributed by atoms with Crippen molar-refractivity contribution in [3.05, 3.63) is 52.9 Å². The third-order valence-electron chi connectivity index (χ3n) is 4.43. The molecule has 2 N–H and O–H groups in total. The molecule has 3 rings (SSSR count). The van der Waals surface area contributed by atoms with Gasteiger partial charge >= 0.3 is 0 Å². The lowest BCUT2D eigenvalue weighted by Gasteiger charge is -2.34. The third-order valence-corrected chi connectivity index (χ3v) is 4.67. The van der Waals surface area contributed by atoms with Gasteiger partial charge in [0.05, 0.1) is 39.0 Å². The molecule has 0 atom stereocenters. The molecule has 0 bridgehead atoms. The van der Waals surface area contributed by atoms with Gasteiger partial charge < -0.3 is 19.5 Å². The standard InChI is InChI=1S/C18H22ClN3O2/c1-14-4-5-15(19)11-17(14)22-8-6-21(7-9-22)13-18(23)20-12-16-3-2-10-24-16/h2-5,10-11H,6-9,12-13H2,1H3,(H,20,23)/p+1. The number of halogens is 1. The number of aryl methyl sites for hydroxylation is 1. The van der Waals surface area contributed by atoms with E-state index in [0.717, 1.165) is 37.0 Å². The molecule has 128 valence electrons. The number of piperazine rings is 1. The van der Waals surface area contributed by atoms with Gasteiger partial charge in [-0.2, -0.15) is 0 Å². The minimum absolute atomic E-state index is 0.0637. The molecule has 0 radical (unpaired) electrons. The van der Waals surface area contributed by atoms with E-state index in [4.69, 9.17) is 16.0 Å². The number of carbonyl (C=O) groups is 1. The van der Waals surface area contributed by atoms with Crippen molar-refractivity contribution >= 4 is 23.2 Å². The van der Waals surface area contributed by atoms with Gasteiger partial charge in [0.1, 0.15) is 5.76 Å². The van der Waals surface area contributed by atoms with Crippen LogP contribution in [0.5, 0.6) is 0 Å². The summed E-state index contributed by atoms with van der Waals surface area (Å²) in [4.78, 5) is 15.7. The Hall–Kier alpha value is -1.98. The molecule has 1 amide bonds. The smallest absolute Gasteiger partial charge is 0.275 e. The second kappa shape index (κ2) is 7.73. The van der Waals surface area contributed by atoms with Crippen LogP contribution in [-0.4, -0.2) is 38.6 Å². The molecule has 0 saturated carbocycles. The summed E-state index contributed by atoms with van der Waals surface area (Å²) in [5.41, 5.74) is 2.43. The molecule has 1 aromatic carbocycles. The fourth-order valence-corrected chi connectivity index (χ4v) is 3.22. The Labute approximate surface area is 147 Å². The molecule has 2 aromatic rings. The van der Waals surface area contributed by atoms with Gasteiger partial charge in [-0.05, 0) is 36.8 Å². The minimum Gasteiger partial charge on any atom is -0.467 e. The number of carbonyl (C=O) groups excluding carboxylic acids is 1. The summed E-state index contributed by atoms with van der Waals surface area (Å²) in [6, 6.07) is 9.69. The Kier molecular flexibility index (Phi) is 5.43. The number of benzene rings is 1. The summed E-state index contributed by atoms with van der Waals surface area (Å²) in [7, 11) is 0. The second-order valence-corrected chi connectivity index (χ2v) is 6.64. The van der Waals surface area contributed by atoms with E-state index in [1.165, 1.54) is 16.2 Å². The van der Waals surface area contributed by atoms with Crippen LogP contribution in [0.3, 0.4) is 0 Å². The Morgan fingerprint density at radius 1 is 1.33 bits per heavy atom. The lowest BCUT2D eigenvalue weighted by atomic mass is 10.1. The van der Waals surface area contributed by atoms with Gasteiger partial charge in [0.2, 0.25) is 0 Å². The average molecular weight is 349 g/mol. The van der Waals surface area contributed by atoms with Crippen LogP contribution in [0.2, 0.25) is 5.02 Å². The normalized spacial score (nSPS) is 15.5. The monoisotopic (exact) mass is 348 g/mol. The van der Waals surface area contributed by atoms with Crippen LogP contribution in [-0.2, 0) is 11.3 Å². The fourth-order valence-electron chi connectivity index (χ4n) is 3.05. The molecule has 5 nitrogen and oxygen atoms in total. The highest BCUT2D eigenvalue weighted by molar-refractivity contribution is 6.30. The number of anilines is 1. The van der Waals surface area contributed by atoms with E-state index >= 15 is 0 Å². The summed E-state index contributed by atoms with van der Waals surface area (Å²) in [5, 5.41) is 3.67. The zero-order valence-corrected chi connectivity index (χ0v) is 14.6. The number of quaternary nitrogens is 1. The lowest BCUT2D eigenvalue weighted by Crippen LogP contribution is -3.15. The summed E-state index contributed by atoms with van der Waals surface area (Å²) in [5.74, 6) is 0.841. The number of hydrogen-bond donors (Lipinski definition) is 2. The quantitative estimate of drug-likeness (QED) is 0.855. The second-order valence-electron chi connectivity index (χ2n) is 6.20. The van der Waals surface area contributed by atoms with Gasteiger partial charge in [-0.15, -0.1) is 0 Å². The van der Waals surface area contributed by atoms with E-state index in [2.05, 4.69) is 23.2 Å². The van der Waals surface area contributed by atoms with E-state index in [1.54, 1.807) is 6.26 Å². The predicted octanol–water partition coefficient (Wildman–Crippen LogP) is 1.26. The van der Waals surface area contributed by atoms with E-state index in [9.17, 15) is 4.79 Å². The predicted molar refractivity (Wildman–Crippen MR) is 94.5 cm³/mol. The first kappa shape index (κ1) is 16.9. The molecule has 2 heterocycles. The molecule has 24 heavy (non-hydrogen) atoms. The van der Waals surface area contributed by atoms with Crippen LogP contribution >= 0.6 is 11.6 Å². The SMILES string of the molecule is Cc1ccc(Cl)cc1N1CC[NH+](CC(=O)NCc2ccco2)CC1. The van der Waals surface area contributed by atoms with Crippen molar-refractivity contribution in [2.75, 3.05) is 37.6 Å². The number of nitrogens with zero attached hydrogens (tertiary/aromatic N) is 1. The first-order valence-corrected chi connectivity index (χ1v) is 8.63. The van der Waals surface area contributed by atoms with Crippen LogP contribution < -0.4 is 15.1 Å². The van der Waals surface area contributed by atoms with Gasteiger partial charge in [0.15, 0.2) is 6.54 Å². The Morgan fingerprint density at radius 2 is 2.12 bits per heavy atom. The number of rotatable bonds is 5. The molecule has 6 heteroatoms. The summed E-state index contributed by atoms with van der Waals surface area (Å²) < 4.78 is 5.22. The van der Waals surface area contributed by atoms with Crippen LogP contribution in [0.25, 0.3) is 0 Å². The van der Waals surface area contributed by atoms with Gasteiger partial charge in [-0.25, -0.2) is 0 Å². The molecule has 1 aromatic heterocycles. The first-order chi connectivity index (χ1) is 11.6. The molecule has 1 aliphatic heterocycles. The van der Waals surface area contributed by atoms with Crippen molar-refractivity contribution < 1.29 is 14.1 Å². The molecule has 0 unspecified atom stereocenters. The van der Waals surface area contributed by atoms with Gasteiger partial charge in [-0.3, -0.25) is 4.79 Å². The molecule has 0 aliphatic carbocycles. The van der Waals surface area contributed by atoms with Crippen molar-refractivity contribution in [1.82, 2.24) is 5.32 Å². The maximum atomic E-state index is 12.1. The highest BCUT2D eigenvalue weighted by atomic mass is 35.5. The number of amides is 1. The van der Waals surface area contributed by atoms with E-state index < -0.39 is 0 Å². The van der Waals surface area contributed by atoms with E-state index in [0.29, 0.717) is 13.1 Å². The lowest BCUT2D eigenvalue weighted by molar-refractivity contribution is -0.892. The molecule has 1 aliphatic rings. The molecule has 1 saturated heterocycles. The van der Waals surface area contributed by atoms with Crippen LogP contribution in [0.4, 0.5) is 5.69 Å². The average Bonchev–Trinajstić information content (AvgIpc) is 3.10. The fraction of sp³-hybridized carbons (Fsp3) is 0.389. The highest BCUT2D eigenvalue weighted by Crippen LogP contribution is 2.24. The first-order valence-electron chi connectivity index (χ1n) is 8.25. The zero-order valence-electron chi connectivity index (χ0n) is 13.8. The van der Waals surface area contributed by atoms with Crippen molar-refractivity contribution in [3.8, 4) is 0 Å². The molecular formula is C18H23ClN3O2+. The van der Waals surface area contributed by atoms with Crippen LogP contribution in [0, 0.1) is 6.92 Å². The van der Waals surface area contributed by atoms with Crippen molar-refractivity contribution in [3.63, 3.8) is 0 Å². The molecule has 1 fully saturated rings. The van der Waals surface area contributed by atoms with Crippen molar-refractivity contribution in [2.45, 2.75) is 13.5 Å². The largest absolute Gasteiger partial charge is 0.467 e. The highest BCUT2D eigenvalue weighted by Gasteiger charge is 2.23. The molecular weight excluding hydrogens is 326 g/mol. The number of hydrogen-bond acceptors (Lipinski definition) is 3. The van der Waals surface area contributed by atoms with E-state index in [-0.39, 0.29) is 5.91 Å². The zero-order chi connectivity index (χ0) is 16.9. The topological polar surface area (TPSA) is 49.9 Å². The number of furan rings is 1. The number of nitrogens with one attached hydrogen (secondary N) is 2. The summed E-state index contributed by atoms with van der Waals surface area (Å²) in [6.07, 6.45) is 1.61. The third kappa shape index (κ3) is 4.30. The van der Waals surface area contributed by atoms with Crippen LogP contribution in [0.15, 0.2) is 41.0 Å². The maximum Gasteiger partial charge on any atom is 0.275 e. The summed E-state index contributed by atoms with van der Waals surface area (Å²) in [6.45, 7) is 6.81. The van der Waals surface area contributed by atoms with Gasteiger partial charge in [0.25, 0.3) is 5.91 Å². The van der Waals surface area contributed by atoms with Crippen molar-refractivity contribution in [2.24, 2.45) is 0 Å². The summed E-state index contributed by atoms with van der Waals surface area (Å²) >= 11 is 6.12. The van der Waals surface area contributed by atoms with Crippen molar-refractivity contribution in [1.29, 1.82) is 0 Å². The van der Waals surface area contributed by atoms with Crippen LogP contribution in [0.1, 0.15) is 11.3 Å². The maximum absolute atomic E-state index is 12.1. The van der Waals surface area contributed by atoms with Gasteiger partial charge in [-0.1, -0.05) is 17.7 Å². The Bertz CT molecular complexity index is 680. The Balaban J connectivity index is 1.46.